The maximum Gasteiger partial charge on any atom is 0.252 e. The average molecular weight is 277 g/mol. The Kier molecular flexibility index (Phi) is 3.60. The van der Waals surface area contributed by atoms with E-state index in [1.54, 1.807) is 12.3 Å². The molecule has 3 aromatic rings. The van der Waals surface area contributed by atoms with E-state index in [0.717, 1.165) is 16.6 Å². The molecular weight excluding hydrogens is 262 g/mol. The van der Waals surface area contributed by atoms with Crippen LogP contribution >= 0.6 is 0 Å². The molecule has 0 bridgehead atoms. The van der Waals surface area contributed by atoms with E-state index in [9.17, 15) is 4.79 Å². The third kappa shape index (κ3) is 2.60. The van der Waals surface area contributed by atoms with Gasteiger partial charge in [0.1, 0.15) is 0 Å². The van der Waals surface area contributed by atoms with Crippen LogP contribution in [-0.4, -0.2) is 22.4 Å². The molecule has 4 nitrogen and oxygen atoms in total. The van der Waals surface area contributed by atoms with Crippen molar-refractivity contribution >= 4 is 16.8 Å². The molecule has 104 valence electrons. The summed E-state index contributed by atoms with van der Waals surface area (Å²) in [4.78, 5) is 21.2. The highest BCUT2D eigenvalue weighted by Gasteiger charge is 2.13. The molecule has 0 fully saturated rings. The third-order valence-corrected chi connectivity index (χ3v) is 3.23. The minimum absolute atomic E-state index is 0.0896. The molecule has 0 saturated carbocycles. The monoisotopic (exact) mass is 277 g/mol. The van der Waals surface area contributed by atoms with Gasteiger partial charge in [0.05, 0.1) is 22.5 Å². The summed E-state index contributed by atoms with van der Waals surface area (Å²) in [5.41, 5.74) is 2.88. The number of para-hydroxylation sites is 1. The van der Waals surface area contributed by atoms with E-state index in [-0.39, 0.29) is 5.91 Å². The summed E-state index contributed by atoms with van der Waals surface area (Å²) in [5.74, 6) is -0.0896. The van der Waals surface area contributed by atoms with Crippen molar-refractivity contribution in [1.82, 2.24) is 15.3 Å². The van der Waals surface area contributed by atoms with Crippen molar-refractivity contribution in [3.63, 3.8) is 0 Å². The quantitative estimate of drug-likeness (QED) is 0.800. The molecule has 0 aliphatic heterocycles. The van der Waals surface area contributed by atoms with Crippen molar-refractivity contribution in [2.75, 3.05) is 6.54 Å². The van der Waals surface area contributed by atoms with Crippen LogP contribution in [0.5, 0.6) is 0 Å². The highest BCUT2D eigenvalue weighted by atomic mass is 16.1. The van der Waals surface area contributed by atoms with Crippen molar-refractivity contribution in [2.45, 2.75) is 6.92 Å². The number of benzene rings is 1. The second-order valence-corrected chi connectivity index (χ2v) is 4.65. The number of fused-ring (bicyclic) bond motifs is 1. The minimum Gasteiger partial charge on any atom is -0.352 e. The Morgan fingerprint density at radius 2 is 1.90 bits per heavy atom. The number of rotatable bonds is 3. The predicted octanol–water partition coefficient (Wildman–Crippen LogP) is 3.05. The van der Waals surface area contributed by atoms with E-state index in [2.05, 4.69) is 15.3 Å². The fraction of sp³-hybridized carbons (Fsp3) is 0.118. The topological polar surface area (TPSA) is 54.9 Å². The first-order valence-corrected chi connectivity index (χ1v) is 6.89. The first-order valence-electron chi connectivity index (χ1n) is 6.89. The molecule has 2 heterocycles. The lowest BCUT2D eigenvalue weighted by atomic mass is 10.1. The fourth-order valence-corrected chi connectivity index (χ4v) is 2.26. The smallest absolute Gasteiger partial charge is 0.252 e. The van der Waals surface area contributed by atoms with Gasteiger partial charge >= 0.3 is 0 Å². The number of pyridine rings is 2. The number of hydrogen-bond acceptors (Lipinski definition) is 3. The van der Waals surface area contributed by atoms with Crippen molar-refractivity contribution in [1.29, 1.82) is 0 Å². The molecule has 0 saturated heterocycles. The largest absolute Gasteiger partial charge is 0.352 e. The van der Waals surface area contributed by atoms with Crippen LogP contribution in [0.4, 0.5) is 0 Å². The zero-order valence-electron chi connectivity index (χ0n) is 11.7. The first kappa shape index (κ1) is 13.2. The number of aromatic nitrogens is 2. The van der Waals surface area contributed by atoms with Gasteiger partial charge in [0.15, 0.2) is 0 Å². The number of carbonyl (C=O) groups excluding carboxylic acids is 1. The van der Waals surface area contributed by atoms with Crippen LogP contribution in [0.25, 0.3) is 22.3 Å². The SMILES string of the molecule is CCNC(=O)c1cc(-c2ccccn2)nc2ccccc12. The van der Waals surface area contributed by atoms with Gasteiger partial charge in [-0.2, -0.15) is 0 Å². The molecule has 0 spiro atoms. The van der Waals surface area contributed by atoms with Crippen LogP contribution in [0.2, 0.25) is 0 Å². The van der Waals surface area contributed by atoms with Crippen molar-refractivity contribution in [3.05, 3.63) is 60.3 Å². The van der Waals surface area contributed by atoms with Gasteiger partial charge in [-0.25, -0.2) is 4.98 Å². The Bertz CT molecular complexity index is 784. The minimum atomic E-state index is -0.0896. The number of nitrogens with one attached hydrogen (secondary N) is 1. The number of amides is 1. The number of hydrogen-bond donors (Lipinski definition) is 1. The second-order valence-electron chi connectivity index (χ2n) is 4.65. The van der Waals surface area contributed by atoms with Crippen molar-refractivity contribution < 1.29 is 4.79 Å². The molecule has 1 aromatic carbocycles. The van der Waals surface area contributed by atoms with Gasteiger partial charge in [0.2, 0.25) is 0 Å². The molecule has 21 heavy (non-hydrogen) atoms. The van der Waals surface area contributed by atoms with E-state index >= 15 is 0 Å². The van der Waals surface area contributed by atoms with Crippen molar-refractivity contribution in [2.24, 2.45) is 0 Å². The van der Waals surface area contributed by atoms with E-state index in [0.29, 0.717) is 17.8 Å². The fourth-order valence-electron chi connectivity index (χ4n) is 2.26. The molecule has 0 radical (unpaired) electrons. The molecular formula is C17H15N3O. The van der Waals surface area contributed by atoms with Crippen molar-refractivity contribution in [3.8, 4) is 11.4 Å². The number of carbonyl (C=O) groups is 1. The van der Waals surface area contributed by atoms with Gasteiger partial charge in [-0.1, -0.05) is 24.3 Å². The zero-order valence-corrected chi connectivity index (χ0v) is 11.7. The van der Waals surface area contributed by atoms with E-state index in [4.69, 9.17) is 0 Å². The summed E-state index contributed by atoms with van der Waals surface area (Å²) in [6.07, 6.45) is 1.72. The normalized spacial score (nSPS) is 10.5. The average Bonchev–Trinajstić information content (AvgIpc) is 2.55. The van der Waals surface area contributed by atoms with Crippen LogP contribution in [0.15, 0.2) is 54.7 Å². The number of nitrogens with zero attached hydrogens (tertiary/aromatic N) is 2. The standard InChI is InChI=1S/C17H15N3O/c1-2-18-17(21)13-11-16(15-9-5-6-10-19-15)20-14-8-4-3-7-12(13)14/h3-11H,2H2,1H3,(H,18,21). The molecule has 0 aliphatic rings. The van der Waals surface area contributed by atoms with Crippen LogP contribution < -0.4 is 5.32 Å². The predicted molar refractivity (Wildman–Crippen MR) is 83.0 cm³/mol. The Labute approximate surface area is 122 Å². The second kappa shape index (κ2) is 5.71. The summed E-state index contributed by atoms with van der Waals surface area (Å²) in [5, 5.41) is 3.70. The lowest BCUT2D eigenvalue weighted by Gasteiger charge is -2.09. The Hall–Kier alpha value is -2.75. The highest BCUT2D eigenvalue weighted by molar-refractivity contribution is 6.07. The van der Waals surface area contributed by atoms with Crippen LogP contribution in [-0.2, 0) is 0 Å². The van der Waals surface area contributed by atoms with Gasteiger partial charge in [0.25, 0.3) is 5.91 Å². The van der Waals surface area contributed by atoms with Gasteiger partial charge in [0, 0.05) is 18.1 Å². The summed E-state index contributed by atoms with van der Waals surface area (Å²) in [6.45, 7) is 2.50. The highest BCUT2D eigenvalue weighted by Crippen LogP contribution is 2.23. The van der Waals surface area contributed by atoms with Crippen LogP contribution in [0, 0.1) is 0 Å². The Balaban J connectivity index is 2.22. The van der Waals surface area contributed by atoms with Crippen LogP contribution in [0.1, 0.15) is 17.3 Å². The molecule has 3 rings (SSSR count). The first-order chi connectivity index (χ1) is 10.3. The molecule has 2 aromatic heterocycles. The molecule has 1 amide bonds. The van der Waals surface area contributed by atoms with Gasteiger partial charge in [-0.05, 0) is 31.2 Å². The molecule has 4 heteroatoms. The Morgan fingerprint density at radius 1 is 1.10 bits per heavy atom. The molecule has 0 atom stereocenters. The van der Waals surface area contributed by atoms with Gasteiger partial charge in [-0.3, -0.25) is 9.78 Å². The van der Waals surface area contributed by atoms with Crippen LogP contribution in [0.3, 0.4) is 0 Å². The van der Waals surface area contributed by atoms with E-state index in [1.807, 2.05) is 49.4 Å². The Morgan fingerprint density at radius 3 is 2.67 bits per heavy atom. The van der Waals surface area contributed by atoms with E-state index in [1.165, 1.54) is 0 Å². The maximum absolute atomic E-state index is 12.3. The summed E-state index contributed by atoms with van der Waals surface area (Å²) in [7, 11) is 0. The van der Waals surface area contributed by atoms with Gasteiger partial charge in [-0.15, -0.1) is 0 Å². The molecule has 0 unspecified atom stereocenters. The van der Waals surface area contributed by atoms with Gasteiger partial charge < -0.3 is 5.32 Å². The zero-order chi connectivity index (χ0) is 14.7. The lowest BCUT2D eigenvalue weighted by Crippen LogP contribution is -2.23. The molecule has 1 N–H and O–H groups in total. The maximum atomic E-state index is 12.3. The third-order valence-electron chi connectivity index (χ3n) is 3.23. The summed E-state index contributed by atoms with van der Waals surface area (Å²) >= 11 is 0. The van der Waals surface area contributed by atoms with E-state index < -0.39 is 0 Å². The molecule has 0 aliphatic carbocycles. The summed E-state index contributed by atoms with van der Waals surface area (Å²) < 4.78 is 0. The lowest BCUT2D eigenvalue weighted by molar-refractivity contribution is 0.0957. The summed E-state index contributed by atoms with van der Waals surface area (Å²) in [6, 6.07) is 15.1.